The minimum atomic E-state index is -1.82. The number of carboxylic acids is 2. The van der Waals surface area contributed by atoms with E-state index in [-0.39, 0.29) is 16.8 Å². The number of nitro groups is 1. The molecule has 2 aromatic carbocycles. The van der Waals surface area contributed by atoms with Crippen molar-refractivity contribution in [1.82, 2.24) is 9.55 Å². The van der Waals surface area contributed by atoms with E-state index in [1.54, 1.807) is 36.8 Å². The van der Waals surface area contributed by atoms with Crippen LogP contribution in [0.3, 0.4) is 0 Å². The third-order valence-corrected chi connectivity index (χ3v) is 4.23. The monoisotopic (exact) mass is 437 g/mol. The number of hydrogen-bond acceptors (Lipinski definition) is 5. The van der Waals surface area contributed by atoms with Crippen molar-refractivity contribution < 1.29 is 24.7 Å². The van der Waals surface area contributed by atoms with Crippen LogP contribution in [0.5, 0.6) is 0 Å². The maximum Gasteiger partial charge on any atom is 0.414 e. The second kappa shape index (κ2) is 9.67. The highest BCUT2D eigenvalue weighted by atomic mass is 35.5. The van der Waals surface area contributed by atoms with Crippen LogP contribution in [0.1, 0.15) is 17.2 Å². The Morgan fingerprint density at radius 1 is 1.03 bits per heavy atom. The molecule has 1 heterocycles. The Hall–Kier alpha value is -3.43. The molecule has 1 atom stereocenters. The summed E-state index contributed by atoms with van der Waals surface area (Å²) in [7, 11) is 0. The molecule has 0 aliphatic rings. The number of aromatic nitrogens is 2. The summed E-state index contributed by atoms with van der Waals surface area (Å²) in [6, 6.07) is 11.9. The second-order valence-electron chi connectivity index (χ2n) is 5.54. The van der Waals surface area contributed by atoms with E-state index in [1.807, 2.05) is 22.9 Å². The van der Waals surface area contributed by atoms with Crippen molar-refractivity contribution >= 4 is 40.8 Å². The highest BCUT2D eigenvalue weighted by Crippen LogP contribution is 2.32. The number of hydrogen-bond donors (Lipinski definition) is 2. The van der Waals surface area contributed by atoms with E-state index in [4.69, 9.17) is 43.0 Å². The van der Waals surface area contributed by atoms with E-state index in [2.05, 4.69) is 4.98 Å². The molecule has 11 heteroatoms. The second-order valence-corrected chi connectivity index (χ2v) is 6.39. The number of aliphatic carboxylic acids is 2. The summed E-state index contributed by atoms with van der Waals surface area (Å²) >= 11 is 12.0. The first-order chi connectivity index (χ1) is 13.7. The van der Waals surface area contributed by atoms with Crippen molar-refractivity contribution in [3.8, 4) is 0 Å². The first-order valence-electron chi connectivity index (χ1n) is 7.83. The summed E-state index contributed by atoms with van der Waals surface area (Å²) < 4.78 is 1.90. The van der Waals surface area contributed by atoms with E-state index < -0.39 is 16.9 Å². The van der Waals surface area contributed by atoms with Gasteiger partial charge in [-0.3, -0.25) is 10.1 Å². The fraction of sp³-hybridized carbons (Fsp3) is 0.0556. The Balaban J connectivity index is 0.000000438. The number of benzene rings is 2. The fourth-order valence-corrected chi connectivity index (χ4v) is 2.83. The molecule has 0 spiro atoms. The molecule has 0 radical (unpaired) electrons. The van der Waals surface area contributed by atoms with Crippen molar-refractivity contribution in [3.63, 3.8) is 0 Å². The molecule has 0 bridgehead atoms. The Kier molecular flexibility index (Phi) is 7.29. The predicted molar refractivity (Wildman–Crippen MR) is 104 cm³/mol. The molecule has 3 rings (SSSR count). The van der Waals surface area contributed by atoms with Gasteiger partial charge in [0.1, 0.15) is 5.02 Å². The van der Waals surface area contributed by atoms with Gasteiger partial charge in [-0.2, -0.15) is 0 Å². The molecule has 0 amide bonds. The highest BCUT2D eigenvalue weighted by molar-refractivity contribution is 6.32. The Morgan fingerprint density at radius 3 is 2.07 bits per heavy atom. The Labute approximate surface area is 173 Å². The molecule has 2 N–H and O–H groups in total. The third kappa shape index (κ3) is 5.77. The number of nitro benzene ring substituents is 1. The summed E-state index contributed by atoms with van der Waals surface area (Å²) in [5, 5.41) is 26.5. The van der Waals surface area contributed by atoms with Crippen LogP contribution in [0, 0.1) is 10.1 Å². The molecule has 0 aliphatic heterocycles. The van der Waals surface area contributed by atoms with Crippen LogP contribution in [0.25, 0.3) is 0 Å². The van der Waals surface area contributed by atoms with E-state index in [0.29, 0.717) is 5.02 Å². The lowest BCUT2D eigenvalue weighted by Gasteiger charge is -2.20. The van der Waals surface area contributed by atoms with Gasteiger partial charge in [0.2, 0.25) is 0 Å². The smallest absolute Gasteiger partial charge is 0.414 e. The number of rotatable bonds is 4. The van der Waals surface area contributed by atoms with Crippen molar-refractivity contribution in [3.05, 3.63) is 92.5 Å². The van der Waals surface area contributed by atoms with Gasteiger partial charge in [0.05, 0.1) is 17.3 Å². The van der Waals surface area contributed by atoms with Crippen LogP contribution in [-0.4, -0.2) is 36.6 Å². The summed E-state index contributed by atoms with van der Waals surface area (Å²) in [5.41, 5.74) is 1.68. The van der Waals surface area contributed by atoms with Gasteiger partial charge < -0.3 is 14.8 Å². The summed E-state index contributed by atoms with van der Waals surface area (Å²) in [6.45, 7) is 0. The van der Waals surface area contributed by atoms with Crippen molar-refractivity contribution in [2.24, 2.45) is 0 Å². The molecule has 1 aromatic heterocycles. The quantitative estimate of drug-likeness (QED) is 0.358. The summed E-state index contributed by atoms with van der Waals surface area (Å²) in [4.78, 5) is 32.7. The number of nitrogens with zero attached hydrogens (tertiary/aromatic N) is 3. The van der Waals surface area contributed by atoms with Crippen LogP contribution in [0.4, 0.5) is 5.69 Å². The minimum Gasteiger partial charge on any atom is -0.473 e. The summed E-state index contributed by atoms with van der Waals surface area (Å²) in [6.07, 6.45) is 5.19. The first kappa shape index (κ1) is 21.9. The van der Waals surface area contributed by atoms with Crippen molar-refractivity contribution in [2.75, 3.05) is 0 Å². The van der Waals surface area contributed by atoms with Gasteiger partial charge in [-0.1, -0.05) is 35.3 Å². The van der Waals surface area contributed by atoms with Crippen LogP contribution in [0.2, 0.25) is 10.0 Å². The first-order valence-corrected chi connectivity index (χ1v) is 8.59. The Morgan fingerprint density at radius 2 is 1.62 bits per heavy atom. The maximum atomic E-state index is 10.9. The van der Waals surface area contributed by atoms with E-state index in [9.17, 15) is 10.1 Å². The maximum absolute atomic E-state index is 10.9. The average molecular weight is 438 g/mol. The normalized spacial score (nSPS) is 11.1. The van der Waals surface area contributed by atoms with Gasteiger partial charge in [-0.25, -0.2) is 14.6 Å². The number of halogens is 2. The predicted octanol–water partition coefficient (Wildman–Crippen LogP) is 3.89. The lowest BCUT2D eigenvalue weighted by atomic mass is 9.98. The summed E-state index contributed by atoms with van der Waals surface area (Å²) in [5.74, 6) is -3.65. The molecule has 0 aliphatic carbocycles. The highest BCUT2D eigenvalue weighted by Gasteiger charge is 2.20. The van der Waals surface area contributed by atoms with Gasteiger partial charge in [-0.15, -0.1) is 0 Å². The molecule has 150 valence electrons. The molecule has 0 fully saturated rings. The van der Waals surface area contributed by atoms with Crippen LogP contribution in [0.15, 0.2) is 61.2 Å². The largest absolute Gasteiger partial charge is 0.473 e. The molecular weight excluding hydrogens is 425 g/mol. The standard InChI is InChI=1S/C16H11Cl2N3O2.C2H2O4/c17-13-4-1-11(2-5-13)16(20-8-7-19-10-20)12-3-6-15(21(22)23)14(18)9-12;3-1(4)2(5)6/h1-10,16H;(H,3,4)(H,5,6). The lowest BCUT2D eigenvalue weighted by Crippen LogP contribution is -2.10. The molecule has 9 nitrogen and oxygen atoms in total. The van der Waals surface area contributed by atoms with E-state index >= 15 is 0 Å². The SMILES string of the molecule is O=C(O)C(=O)O.O=[N+]([O-])c1ccc(C(c2ccc(Cl)cc2)n2ccnc2)cc1Cl. The fourth-order valence-electron chi connectivity index (χ4n) is 2.45. The Bertz CT molecular complexity index is 1010. The van der Waals surface area contributed by atoms with Crippen LogP contribution < -0.4 is 0 Å². The minimum absolute atomic E-state index is 0.103. The molecule has 1 unspecified atom stereocenters. The molecule has 3 aromatic rings. The van der Waals surface area contributed by atoms with Gasteiger partial charge in [0.15, 0.2) is 0 Å². The molecule has 0 saturated heterocycles. The lowest BCUT2D eigenvalue weighted by molar-refractivity contribution is -0.384. The van der Waals surface area contributed by atoms with Gasteiger partial charge in [-0.05, 0) is 35.4 Å². The molecule has 0 saturated carbocycles. The zero-order chi connectivity index (χ0) is 21.6. The number of imidazole rings is 1. The van der Waals surface area contributed by atoms with Crippen molar-refractivity contribution in [2.45, 2.75) is 6.04 Å². The van der Waals surface area contributed by atoms with E-state index in [0.717, 1.165) is 11.1 Å². The zero-order valence-electron chi connectivity index (χ0n) is 14.5. The van der Waals surface area contributed by atoms with Gasteiger partial charge in [0, 0.05) is 23.5 Å². The number of carboxylic acid groups (broad SMARTS) is 2. The molecule has 29 heavy (non-hydrogen) atoms. The third-order valence-electron chi connectivity index (χ3n) is 3.68. The topological polar surface area (TPSA) is 136 Å². The molecular formula is C18H13Cl2N3O6. The van der Waals surface area contributed by atoms with E-state index in [1.165, 1.54) is 6.07 Å². The van der Waals surface area contributed by atoms with Crippen molar-refractivity contribution in [1.29, 1.82) is 0 Å². The van der Waals surface area contributed by atoms with Crippen LogP contribution >= 0.6 is 23.2 Å². The van der Waals surface area contributed by atoms with Gasteiger partial charge in [0.25, 0.3) is 5.69 Å². The van der Waals surface area contributed by atoms with Gasteiger partial charge >= 0.3 is 11.9 Å². The zero-order valence-corrected chi connectivity index (χ0v) is 16.0. The average Bonchev–Trinajstić information content (AvgIpc) is 3.18. The van der Waals surface area contributed by atoms with Crippen LogP contribution in [-0.2, 0) is 9.59 Å². The number of carbonyl (C=O) groups is 2.